The number of hydrogen-bond donors (Lipinski definition) is 3. The van der Waals surface area contributed by atoms with E-state index in [-0.39, 0.29) is 17.9 Å². The lowest BCUT2D eigenvalue weighted by atomic mass is 10.1. The highest BCUT2D eigenvalue weighted by Crippen LogP contribution is 2.41. The molecule has 1 fully saturated rings. The maximum atomic E-state index is 11.1. The van der Waals surface area contributed by atoms with Gasteiger partial charge in [-0.2, -0.15) is 0 Å². The van der Waals surface area contributed by atoms with Crippen LogP contribution < -0.4 is 11.3 Å². The highest BCUT2D eigenvalue weighted by molar-refractivity contribution is 5.42. The third-order valence-electron chi connectivity index (χ3n) is 2.36. The van der Waals surface area contributed by atoms with Crippen LogP contribution in [0.5, 0.6) is 0 Å². The maximum absolute atomic E-state index is 11.1. The first-order chi connectivity index (χ1) is 6.22. The van der Waals surface area contributed by atoms with Gasteiger partial charge in [-0.05, 0) is 30.4 Å². The molecular formula is C9H12N2O2. The van der Waals surface area contributed by atoms with Gasteiger partial charge in [0, 0.05) is 5.69 Å². The maximum Gasteiger partial charge on any atom is 0.271 e. The van der Waals surface area contributed by atoms with Gasteiger partial charge in [0.1, 0.15) is 0 Å². The van der Waals surface area contributed by atoms with E-state index in [2.05, 4.69) is 4.98 Å². The molecule has 0 unspecified atom stereocenters. The first kappa shape index (κ1) is 8.31. The summed E-state index contributed by atoms with van der Waals surface area (Å²) in [5.41, 5.74) is 7.02. The number of nitrogens with two attached hydrogens (primary N) is 1. The van der Waals surface area contributed by atoms with Crippen LogP contribution >= 0.6 is 0 Å². The van der Waals surface area contributed by atoms with E-state index in [9.17, 15) is 4.79 Å². The molecule has 1 heterocycles. The highest BCUT2D eigenvalue weighted by Gasteiger charge is 2.26. The Labute approximate surface area is 75.4 Å². The second-order valence-corrected chi connectivity index (χ2v) is 3.42. The van der Waals surface area contributed by atoms with Gasteiger partial charge in [0.2, 0.25) is 0 Å². The number of nitrogens with one attached hydrogen (secondary N) is 1. The number of nitrogen functional groups attached to an aromatic ring is 1. The standard InChI is InChI=1S/C9H12N2O2/c10-7-3-6(5-1-2-5)8(4-12)11-9(7)13/h3,5,12H,1-2,4,10H2,(H,11,13). The molecule has 0 bridgehead atoms. The third-order valence-corrected chi connectivity index (χ3v) is 2.36. The van der Waals surface area contributed by atoms with Crippen molar-refractivity contribution in [3.63, 3.8) is 0 Å². The zero-order chi connectivity index (χ0) is 9.42. The second kappa shape index (κ2) is 2.88. The number of aromatic nitrogens is 1. The highest BCUT2D eigenvalue weighted by atomic mass is 16.3. The Bertz CT molecular complexity index is 380. The van der Waals surface area contributed by atoms with E-state index in [0.29, 0.717) is 11.6 Å². The summed E-state index contributed by atoms with van der Waals surface area (Å²) in [6.07, 6.45) is 2.25. The van der Waals surface area contributed by atoms with Crippen molar-refractivity contribution in [2.45, 2.75) is 25.4 Å². The molecule has 1 aromatic heterocycles. The summed E-state index contributed by atoms with van der Waals surface area (Å²) in [5.74, 6) is 0.487. The molecule has 0 atom stereocenters. The van der Waals surface area contributed by atoms with Gasteiger partial charge in [0.15, 0.2) is 0 Å². The van der Waals surface area contributed by atoms with Gasteiger partial charge < -0.3 is 15.8 Å². The van der Waals surface area contributed by atoms with E-state index in [1.165, 1.54) is 0 Å². The van der Waals surface area contributed by atoms with Crippen molar-refractivity contribution in [3.05, 3.63) is 27.7 Å². The molecule has 0 amide bonds. The van der Waals surface area contributed by atoms with Gasteiger partial charge in [-0.15, -0.1) is 0 Å². The Morgan fingerprint density at radius 2 is 2.31 bits per heavy atom. The van der Waals surface area contributed by atoms with Crippen LogP contribution in [-0.4, -0.2) is 10.1 Å². The van der Waals surface area contributed by atoms with Crippen LogP contribution in [0, 0.1) is 0 Å². The van der Waals surface area contributed by atoms with Crippen molar-refractivity contribution in [1.82, 2.24) is 4.98 Å². The molecule has 0 radical (unpaired) electrons. The predicted molar refractivity (Wildman–Crippen MR) is 49.4 cm³/mol. The number of aliphatic hydroxyl groups is 1. The molecule has 1 saturated carbocycles. The molecule has 1 aliphatic rings. The normalized spacial score (nSPS) is 16.1. The Balaban J connectivity index is 2.52. The van der Waals surface area contributed by atoms with Crippen molar-refractivity contribution in [2.75, 3.05) is 5.73 Å². The molecule has 0 aromatic carbocycles. The first-order valence-electron chi connectivity index (χ1n) is 4.35. The molecule has 4 nitrogen and oxygen atoms in total. The largest absolute Gasteiger partial charge is 0.394 e. The Morgan fingerprint density at radius 3 is 2.85 bits per heavy atom. The second-order valence-electron chi connectivity index (χ2n) is 3.42. The average molecular weight is 180 g/mol. The monoisotopic (exact) mass is 180 g/mol. The Hall–Kier alpha value is -1.29. The van der Waals surface area contributed by atoms with E-state index >= 15 is 0 Å². The van der Waals surface area contributed by atoms with Crippen molar-refractivity contribution in [3.8, 4) is 0 Å². The molecule has 4 N–H and O–H groups in total. The topological polar surface area (TPSA) is 79.1 Å². The minimum atomic E-state index is -0.312. The van der Waals surface area contributed by atoms with E-state index in [0.717, 1.165) is 18.4 Å². The summed E-state index contributed by atoms with van der Waals surface area (Å²) in [4.78, 5) is 13.7. The van der Waals surface area contributed by atoms with Gasteiger partial charge in [-0.25, -0.2) is 0 Å². The van der Waals surface area contributed by atoms with Gasteiger partial charge in [-0.1, -0.05) is 0 Å². The van der Waals surface area contributed by atoms with Crippen molar-refractivity contribution in [1.29, 1.82) is 0 Å². The molecule has 0 aliphatic heterocycles. The van der Waals surface area contributed by atoms with E-state index in [4.69, 9.17) is 10.8 Å². The quantitative estimate of drug-likeness (QED) is 0.613. The molecule has 1 aromatic rings. The first-order valence-corrected chi connectivity index (χ1v) is 4.35. The fraction of sp³-hybridized carbons (Fsp3) is 0.444. The van der Waals surface area contributed by atoms with Crippen molar-refractivity contribution < 1.29 is 5.11 Å². The van der Waals surface area contributed by atoms with Crippen molar-refractivity contribution >= 4 is 5.69 Å². The number of hydrogen-bond acceptors (Lipinski definition) is 3. The number of rotatable bonds is 2. The zero-order valence-electron chi connectivity index (χ0n) is 7.21. The number of anilines is 1. The van der Waals surface area contributed by atoms with Gasteiger partial charge in [-0.3, -0.25) is 4.79 Å². The van der Waals surface area contributed by atoms with Crippen LogP contribution in [0.3, 0.4) is 0 Å². The van der Waals surface area contributed by atoms with Crippen molar-refractivity contribution in [2.24, 2.45) is 0 Å². The fourth-order valence-electron chi connectivity index (χ4n) is 1.49. The summed E-state index contributed by atoms with van der Waals surface area (Å²) in [7, 11) is 0. The minimum absolute atomic E-state index is 0.124. The summed E-state index contributed by atoms with van der Waals surface area (Å²) < 4.78 is 0. The van der Waals surface area contributed by atoms with Crippen LogP contribution in [0.15, 0.2) is 10.9 Å². The van der Waals surface area contributed by atoms with Crippen LogP contribution in [0.4, 0.5) is 5.69 Å². The molecule has 13 heavy (non-hydrogen) atoms. The molecule has 2 rings (SSSR count). The van der Waals surface area contributed by atoms with Gasteiger partial charge in [0.05, 0.1) is 12.3 Å². The SMILES string of the molecule is Nc1cc(C2CC2)c(CO)[nH]c1=O. The molecule has 1 aliphatic carbocycles. The molecule has 0 saturated heterocycles. The fourth-order valence-corrected chi connectivity index (χ4v) is 1.49. The lowest BCUT2D eigenvalue weighted by Gasteiger charge is -2.05. The Morgan fingerprint density at radius 1 is 1.62 bits per heavy atom. The van der Waals surface area contributed by atoms with Gasteiger partial charge >= 0.3 is 0 Å². The van der Waals surface area contributed by atoms with Gasteiger partial charge in [0.25, 0.3) is 5.56 Å². The van der Waals surface area contributed by atoms with E-state index < -0.39 is 0 Å². The van der Waals surface area contributed by atoms with Crippen LogP contribution in [0.1, 0.15) is 30.0 Å². The number of H-pyrrole nitrogens is 1. The van der Waals surface area contributed by atoms with E-state index in [1.54, 1.807) is 6.07 Å². The molecule has 0 spiro atoms. The van der Waals surface area contributed by atoms with Crippen LogP contribution in [-0.2, 0) is 6.61 Å². The summed E-state index contributed by atoms with van der Waals surface area (Å²) >= 11 is 0. The third kappa shape index (κ3) is 1.45. The summed E-state index contributed by atoms with van der Waals surface area (Å²) in [6, 6.07) is 1.68. The number of aliphatic hydroxyl groups excluding tert-OH is 1. The lowest BCUT2D eigenvalue weighted by molar-refractivity contribution is 0.275. The zero-order valence-corrected chi connectivity index (χ0v) is 7.21. The summed E-state index contributed by atoms with van der Waals surface area (Å²) in [6.45, 7) is -0.124. The molecule has 4 heteroatoms. The molecule has 70 valence electrons. The smallest absolute Gasteiger partial charge is 0.271 e. The lowest BCUT2D eigenvalue weighted by Crippen LogP contribution is -2.15. The summed E-state index contributed by atoms with van der Waals surface area (Å²) in [5, 5.41) is 9.00. The number of aromatic amines is 1. The van der Waals surface area contributed by atoms with Crippen LogP contribution in [0.25, 0.3) is 0 Å². The van der Waals surface area contributed by atoms with E-state index in [1.807, 2.05) is 0 Å². The predicted octanol–water partition coefficient (Wildman–Crippen LogP) is 0.327. The Kier molecular flexibility index (Phi) is 1.84. The molecular weight excluding hydrogens is 168 g/mol. The van der Waals surface area contributed by atoms with Crippen LogP contribution in [0.2, 0.25) is 0 Å². The minimum Gasteiger partial charge on any atom is -0.394 e. The number of pyridine rings is 1. The average Bonchev–Trinajstić information content (AvgIpc) is 2.92.